The number of hydrogen-bond acceptors (Lipinski definition) is 3. The van der Waals surface area contributed by atoms with E-state index < -0.39 is 10.0 Å². The van der Waals surface area contributed by atoms with Crippen LogP contribution in [0.2, 0.25) is 0 Å². The normalized spacial score (nSPS) is 16.1. The summed E-state index contributed by atoms with van der Waals surface area (Å²) >= 11 is 0. The van der Waals surface area contributed by atoms with Gasteiger partial charge in [0, 0.05) is 24.8 Å². The van der Waals surface area contributed by atoms with Crippen LogP contribution in [0, 0.1) is 0 Å². The van der Waals surface area contributed by atoms with Crippen LogP contribution in [0.25, 0.3) is 0 Å². The van der Waals surface area contributed by atoms with Crippen molar-refractivity contribution in [3.63, 3.8) is 0 Å². The Balaban J connectivity index is 1.97. The maximum atomic E-state index is 12.4. The molecule has 2 amide bonds. The van der Waals surface area contributed by atoms with E-state index in [-0.39, 0.29) is 17.0 Å². The fourth-order valence-corrected chi connectivity index (χ4v) is 4.48. The molecule has 0 heterocycles. The van der Waals surface area contributed by atoms with E-state index in [1.807, 2.05) is 13.8 Å². The molecule has 2 rings (SSSR count). The van der Waals surface area contributed by atoms with Gasteiger partial charge in [-0.3, -0.25) is 0 Å². The number of urea groups is 1. The highest BCUT2D eigenvalue weighted by molar-refractivity contribution is 7.89. The van der Waals surface area contributed by atoms with Crippen LogP contribution < -0.4 is 10.6 Å². The van der Waals surface area contributed by atoms with Gasteiger partial charge in [-0.25, -0.2) is 13.2 Å². The molecule has 1 aliphatic rings. The fraction of sp³-hybridized carbons (Fsp3) is 0.588. The predicted octanol–water partition coefficient (Wildman–Crippen LogP) is 3.17. The molecule has 0 unspecified atom stereocenters. The molecule has 1 saturated carbocycles. The summed E-state index contributed by atoms with van der Waals surface area (Å²) in [6.07, 6.45) is 5.59. The molecule has 1 aromatic rings. The van der Waals surface area contributed by atoms with Crippen molar-refractivity contribution in [3.05, 3.63) is 24.3 Å². The Kier molecular flexibility index (Phi) is 6.62. The maximum absolute atomic E-state index is 12.4. The lowest BCUT2D eigenvalue weighted by Crippen LogP contribution is -2.39. The van der Waals surface area contributed by atoms with Gasteiger partial charge in [-0.05, 0) is 37.1 Å². The minimum atomic E-state index is -3.46. The van der Waals surface area contributed by atoms with E-state index in [4.69, 9.17) is 0 Å². The van der Waals surface area contributed by atoms with Crippen molar-refractivity contribution in [2.24, 2.45) is 0 Å². The summed E-state index contributed by atoms with van der Waals surface area (Å²) in [5, 5.41) is 5.74. The Morgan fingerprint density at radius 1 is 1.08 bits per heavy atom. The zero-order chi connectivity index (χ0) is 17.6. The summed E-state index contributed by atoms with van der Waals surface area (Å²) in [7, 11) is -3.46. The van der Waals surface area contributed by atoms with Crippen molar-refractivity contribution < 1.29 is 13.2 Å². The highest BCUT2D eigenvalue weighted by atomic mass is 32.2. The van der Waals surface area contributed by atoms with Crippen LogP contribution in [0.1, 0.15) is 46.0 Å². The summed E-state index contributed by atoms with van der Waals surface area (Å²) in [6, 6.07) is 6.31. The van der Waals surface area contributed by atoms with Crippen LogP contribution in [0.15, 0.2) is 29.2 Å². The molecular weight excluding hydrogens is 326 g/mol. The Hall–Kier alpha value is -1.60. The molecule has 0 radical (unpaired) electrons. The third-order valence-electron chi connectivity index (χ3n) is 4.40. The summed E-state index contributed by atoms with van der Waals surface area (Å²) in [5.41, 5.74) is 0.585. The number of carbonyl (C=O) groups is 1. The van der Waals surface area contributed by atoms with Crippen molar-refractivity contribution in [2.75, 3.05) is 18.4 Å². The lowest BCUT2D eigenvalue weighted by atomic mass is 9.96. The minimum Gasteiger partial charge on any atom is -0.335 e. The van der Waals surface area contributed by atoms with Crippen LogP contribution >= 0.6 is 0 Å². The third-order valence-corrected chi connectivity index (χ3v) is 6.46. The van der Waals surface area contributed by atoms with Gasteiger partial charge < -0.3 is 10.6 Å². The number of carbonyl (C=O) groups excluding carboxylic acids is 1. The molecule has 1 fully saturated rings. The van der Waals surface area contributed by atoms with Crippen LogP contribution in [0.4, 0.5) is 10.5 Å². The van der Waals surface area contributed by atoms with E-state index >= 15 is 0 Å². The van der Waals surface area contributed by atoms with Crippen molar-refractivity contribution in [2.45, 2.75) is 56.9 Å². The van der Waals surface area contributed by atoms with Gasteiger partial charge in [0.1, 0.15) is 0 Å². The van der Waals surface area contributed by atoms with E-state index in [0.717, 1.165) is 25.7 Å². The Morgan fingerprint density at radius 2 is 1.67 bits per heavy atom. The van der Waals surface area contributed by atoms with E-state index in [1.165, 1.54) is 22.9 Å². The lowest BCUT2D eigenvalue weighted by Gasteiger charge is -2.23. The lowest BCUT2D eigenvalue weighted by molar-refractivity contribution is 0.244. The second-order valence-electron chi connectivity index (χ2n) is 6.05. The quantitative estimate of drug-likeness (QED) is 0.824. The number of anilines is 1. The number of rotatable bonds is 6. The Morgan fingerprint density at radius 3 is 2.21 bits per heavy atom. The van der Waals surface area contributed by atoms with Crippen LogP contribution in [-0.2, 0) is 10.0 Å². The molecule has 0 aromatic heterocycles. The largest absolute Gasteiger partial charge is 0.335 e. The molecule has 0 aliphatic heterocycles. The van der Waals surface area contributed by atoms with Crippen LogP contribution in [-0.4, -0.2) is 37.9 Å². The van der Waals surface area contributed by atoms with Crippen molar-refractivity contribution in [1.82, 2.24) is 9.62 Å². The first-order chi connectivity index (χ1) is 11.5. The Bertz CT molecular complexity index is 634. The molecule has 2 N–H and O–H groups in total. The van der Waals surface area contributed by atoms with Gasteiger partial charge in [-0.2, -0.15) is 4.31 Å². The molecule has 0 bridgehead atoms. The fourth-order valence-electron chi connectivity index (χ4n) is 3.02. The molecule has 134 valence electrons. The molecule has 0 atom stereocenters. The molecule has 0 saturated heterocycles. The summed E-state index contributed by atoms with van der Waals surface area (Å²) in [6.45, 7) is 4.49. The van der Waals surface area contributed by atoms with Crippen molar-refractivity contribution >= 4 is 21.7 Å². The number of nitrogens with one attached hydrogen (secondary N) is 2. The number of hydrogen-bond donors (Lipinski definition) is 2. The first-order valence-electron chi connectivity index (χ1n) is 8.65. The summed E-state index contributed by atoms with van der Waals surface area (Å²) in [5.74, 6) is 0. The predicted molar refractivity (Wildman–Crippen MR) is 95.6 cm³/mol. The first kappa shape index (κ1) is 18.7. The zero-order valence-corrected chi connectivity index (χ0v) is 15.2. The van der Waals surface area contributed by atoms with Crippen LogP contribution in [0.5, 0.6) is 0 Å². The SMILES string of the molecule is CCN(CC)S(=O)(=O)c1ccc(NC(=O)NC2CCCCC2)cc1. The van der Waals surface area contributed by atoms with Gasteiger partial charge in [0.2, 0.25) is 10.0 Å². The highest BCUT2D eigenvalue weighted by Crippen LogP contribution is 2.19. The smallest absolute Gasteiger partial charge is 0.319 e. The topological polar surface area (TPSA) is 78.5 Å². The van der Waals surface area contributed by atoms with E-state index in [9.17, 15) is 13.2 Å². The van der Waals surface area contributed by atoms with Gasteiger partial charge in [0.25, 0.3) is 0 Å². The van der Waals surface area contributed by atoms with Crippen molar-refractivity contribution in [1.29, 1.82) is 0 Å². The number of benzene rings is 1. The van der Waals surface area contributed by atoms with Gasteiger partial charge in [-0.15, -0.1) is 0 Å². The van der Waals surface area contributed by atoms with E-state index in [0.29, 0.717) is 18.8 Å². The molecule has 7 heteroatoms. The van der Waals surface area contributed by atoms with E-state index in [1.54, 1.807) is 12.1 Å². The number of sulfonamides is 1. The molecule has 1 aromatic carbocycles. The number of nitrogens with zero attached hydrogens (tertiary/aromatic N) is 1. The van der Waals surface area contributed by atoms with Gasteiger partial charge in [0.15, 0.2) is 0 Å². The molecule has 6 nitrogen and oxygen atoms in total. The standard InChI is InChI=1S/C17H27N3O3S/c1-3-20(4-2)24(22,23)16-12-10-15(11-13-16)19-17(21)18-14-8-6-5-7-9-14/h10-14H,3-9H2,1-2H3,(H2,18,19,21). The molecule has 1 aliphatic carbocycles. The number of amides is 2. The minimum absolute atomic E-state index is 0.235. The second kappa shape index (κ2) is 8.48. The highest BCUT2D eigenvalue weighted by Gasteiger charge is 2.21. The van der Waals surface area contributed by atoms with Crippen LogP contribution in [0.3, 0.4) is 0 Å². The molecule has 0 spiro atoms. The zero-order valence-electron chi connectivity index (χ0n) is 14.4. The van der Waals surface area contributed by atoms with Crippen molar-refractivity contribution in [3.8, 4) is 0 Å². The maximum Gasteiger partial charge on any atom is 0.319 e. The second-order valence-corrected chi connectivity index (χ2v) is 7.99. The average Bonchev–Trinajstić information content (AvgIpc) is 2.57. The first-order valence-corrected chi connectivity index (χ1v) is 10.1. The van der Waals surface area contributed by atoms with Gasteiger partial charge in [-0.1, -0.05) is 33.1 Å². The molecule has 24 heavy (non-hydrogen) atoms. The van der Waals surface area contributed by atoms with E-state index in [2.05, 4.69) is 10.6 Å². The Labute approximate surface area is 144 Å². The summed E-state index contributed by atoms with van der Waals surface area (Å²) < 4.78 is 26.2. The monoisotopic (exact) mass is 353 g/mol. The third kappa shape index (κ3) is 4.70. The van der Waals surface area contributed by atoms with Gasteiger partial charge in [0.05, 0.1) is 4.90 Å². The average molecular weight is 353 g/mol. The van der Waals surface area contributed by atoms with Gasteiger partial charge >= 0.3 is 6.03 Å². The summed E-state index contributed by atoms with van der Waals surface area (Å²) in [4.78, 5) is 12.3. The molecular formula is C17H27N3O3S.